The van der Waals surface area contributed by atoms with Crippen molar-refractivity contribution in [3.05, 3.63) is 95.1 Å². The van der Waals surface area contributed by atoms with E-state index in [9.17, 15) is 10.2 Å². The molecule has 0 aliphatic rings. The second-order valence-corrected chi connectivity index (χ2v) is 5.81. The lowest BCUT2D eigenvalue weighted by atomic mass is 9.95. The minimum Gasteiger partial charge on any atom is -0.399 e. The number of aliphatic hydroxyl groups is 2. The minimum absolute atomic E-state index is 0.651. The van der Waals surface area contributed by atoms with E-state index in [0.29, 0.717) is 22.5 Å². The van der Waals surface area contributed by atoms with Crippen LogP contribution < -0.4 is 11.5 Å². The van der Waals surface area contributed by atoms with Crippen molar-refractivity contribution in [1.82, 2.24) is 0 Å². The third kappa shape index (κ3) is 3.40. The van der Waals surface area contributed by atoms with Gasteiger partial charge < -0.3 is 21.7 Å². The van der Waals surface area contributed by atoms with Crippen LogP contribution >= 0.6 is 0 Å². The molecular weight excluding hydrogens is 300 g/mol. The van der Waals surface area contributed by atoms with Crippen LogP contribution in [-0.4, -0.2) is 10.2 Å². The van der Waals surface area contributed by atoms with Gasteiger partial charge >= 0.3 is 0 Å². The number of rotatable bonds is 4. The van der Waals surface area contributed by atoms with Gasteiger partial charge in [0.25, 0.3) is 0 Å². The number of hydrogen-bond donors (Lipinski definition) is 4. The van der Waals surface area contributed by atoms with Gasteiger partial charge in [-0.05, 0) is 52.6 Å². The number of nitrogens with two attached hydrogens (primary N) is 2. The first-order chi connectivity index (χ1) is 11.5. The maximum Gasteiger partial charge on any atom is 0.104 e. The van der Waals surface area contributed by atoms with Crippen molar-refractivity contribution in [1.29, 1.82) is 0 Å². The molecular formula is C20H20N2O2. The second-order valence-electron chi connectivity index (χ2n) is 5.81. The summed E-state index contributed by atoms with van der Waals surface area (Å²) in [7, 11) is 0. The Labute approximate surface area is 141 Å². The Hall–Kier alpha value is -2.82. The van der Waals surface area contributed by atoms with E-state index in [1.54, 1.807) is 48.5 Å². The van der Waals surface area contributed by atoms with Crippen LogP contribution in [0.3, 0.4) is 0 Å². The van der Waals surface area contributed by atoms with Gasteiger partial charge in [-0.25, -0.2) is 0 Å². The highest BCUT2D eigenvalue weighted by Gasteiger charge is 2.15. The summed E-state index contributed by atoms with van der Waals surface area (Å²) in [5, 5.41) is 21.1. The molecule has 3 rings (SSSR count). The molecule has 3 aromatic rings. The molecule has 0 heterocycles. The summed E-state index contributed by atoms with van der Waals surface area (Å²) in [6, 6.07) is 21.5. The number of hydrogen-bond acceptors (Lipinski definition) is 4. The van der Waals surface area contributed by atoms with Gasteiger partial charge in [-0.2, -0.15) is 0 Å². The summed E-state index contributed by atoms with van der Waals surface area (Å²) in [5.74, 6) is 0. The quantitative estimate of drug-likeness (QED) is 0.556. The van der Waals surface area contributed by atoms with Gasteiger partial charge in [-0.1, -0.05) is 42.5 Å². The molecule has 0 bridgehead atoms. The van der Waals surface area contributed by atoms with Crippen molar-refractivity contribution in [3.63, 3.8) is 0 Å². The van der Waals surface area contributed by atoms with Crippen molar-refractivity contribution in [2.75, 3.05) is 11.5 Å². The van der Waals surface area contributed by atoms with E-state index in [4.69, 9.17) is 11.5 Å². The Balaban J connectivity index is 1.88. The van der Waals surface area contributed by atoms with E-state index >= 15 is 0 Å². The van der Waals surface area contributed by atoms with Gasteiger partial charge in [0.05, 0.1) is 0 Å². The van der Waals surface area contributed by atoms with Crippen molar-refractivity contribution in [2.45, 2.75) is 12.2 Å². The number of anilines is 2. The molecule has 122 valence electrons. The third-order valence-corrected chi connectivity index (χ3v) is 4.05. The number of benzene rings is 3. The monoisotopic (exact) mass is 320 g/mol. The zero-order valence-electron chi connectivity index (χ0n) is 13.1. The minimum atomic E-state index is -0.774. The summed E-state index contributed by atoms with van der Waals surface area (Å²) in [6.45, 7) is 0. The average Bonchev–Trinajstić information content (AvgIpc) is 2.62. The maximum absolute atomic E-state index is 10.6. The molecule has 0 saturated carbocycles. The Morgan fingerprint density at radius 3 is 1.29 bits per heavy atom. The fourth-order valence-corrected chi connectivity index (χ4v) is 2.64. The molecule has 0 saturated heterocycles. The fourth-order valence-electron chi connectivity index (χ4n) is 2.64. The standard InChI is InChI=1S/C20H20N2O2/c21-17-8-4-13(5-9-17)19(23)15-2-1-3-16(12-15)20(24)14-6-10-18(22)11-7-14/h1-12,19-20,23-24H,21-22H2. The molecule has 0 radical (unpaired) electrons. The van der Waals surface area contributed by atoms with E-state index in [1.807, 2.05) is 24.3 Å². The number of nitrogen functional groups attached to an aromatic ring is 2. The third-order valence-electron chi connectivity index (χ3n) is 4.05. The first-order valence-electron chi connectivity index (χ1n) is 7.71. The summed E-state index contributed by atoms with van der Waals surface area (Å²) >= 11 is 0. The Morgan fingerprint density at radius 1 is 0.542 bits per heavy atom. The van der Waals surface area contributed by atoms with Crippen LogP contribution in [0.15, 0.2) is 72.8 Å². The highest BCUT2D eigenvalue weighted by Crippen LogP contribution is 2.28. The fraction of sp³-hybridized carbons (Fsp3) is 0.100. The summed E-state index contributed by atoms with van der Waals surface area (Å²) in [5.41, 5.74) is 15.6. The van der Waals surface area contributed by atoms with E-state index < -0.39 is 12.2 Å². The first-order valence-corrected chi connectivity index (χ1v) is 7.71. The zero-order valence-corrected chi connectivity index (χ0v) is 13.1. The van der Waals surface area contributed by atoms with Gasteiger partial charge in [0.15, 0.2) is 0 Å². The van der Waals surface area contributed by atoms with E-state index in [1.165, 1.54) is 0 Å². The summed E-state index contributed by atoms with van der Waals surface area (Å²) in [6.07, 6.45) is -1.55. The molecule has 2 atom stereocenters. The smallest absolute Gasteiger partial charge is 0.104 e. The van der Waals surface area contributed by atoms with Crippen LogP contribution in [0.2, 0.25) is 0 Å². The average molecular weight is 320 g/mol. The normalized spacial score (nSPS) is 13.4. The van der Waals surface area contributed by atoms with Crippen LogP contribution in [0.25, 0.3) is 0 Å². The van der Waals surface area contributed by atoms with E-state index in [2.05, 4.69) is 0 Å². The second kappa shape index (κ2) is 6.74. The predicted molar refractivity (Wildman–Crippen MR) is 96.3 cm³/mol. The van der Waals surface area contributed by atoms with Crippen LogP contribution in [0.5, 0.6) is 0 Å². The maximum atomic E-state index is 10.6. The van der Waals surface area contributed by atoms with Gasteiger partial charge in [0.2, 0.25) is 0 Å². The lowest BCUT2D eigenvalue weighted by Crippen LogP contribution is -2.04. The lowest BCUT2D eigenvalue weighted by molar-refractivity contribution is 0.213. The Morgan fingerprint density at radius 2 is 0.917 bits per heavy atom. The molecule has 0 spiro atoms. The molecule has 4 nitrogen and oxygen atoms in total. The van der Waals surface area contributed by atoms with Crippen molar-refractivity contribution >= 4 is 11.4 Å². The van der Waals surface area contributed by atoms with Crippen LogP contribution in [0.1, 0.15) is 34.5 Å². The van der Waals surface area contributed by atoms with Gasteiger partial charge in [0.1, 0.15) is 12.2 Å². The van der Waals surface area contributed by atoms with Crippen LogP contribution in [-0.2, 0) is 0 Å². The summed E-state index contributed by atoms with van der Waals surface area (Å²) in [4.78, 5) is 0. The Kier molecular flexibility index (Phi) is 4.51. The topological polar surface area (TPSA) is 92.5 Å². The van der Waals surface area contributed by atoms with Crippen molar-refractivity contribution in [3.8, 4) is 0 Å². The molecule has 0 aliphatic heterocycles. The Bertz CT molecular complexity index is 747. The predicted octanol–water partition coefficient (Wildman–Crippen LogP) is 3.01. The molecule has 0 aliphatic carbocycles. The highest BCUT2D eigenvalue weighted by molar-refractivity contribution is 5.44. The molecule has 2 unspecified atom stereocenters. The highest BCUT2D eigenvalue weighted by atomic mass is 16.3. The van der Waals surface area contributed by atoms with Gasteiger partial charge in [0, 0.05) is 11.4 Å². The summed E-state index contributed by atoms with van der Waals surface area (Å²) < 4.78 is 0. The van der Waals surface area contributed by atoms with Gasteiger partial charge in [-0.3, -0.25) is 0 Å². The van der Waals surface area contributed by atoms with Crippen LogP contribution in [0.4, 0.5) is 11.4 Å². The van der Waals surface area contributed by atoms with Crippen LogP contribution in [0, 0.1) is 0 Å². The lowest BCUT2D eigenvalue weighted by Gasteiger charge is -2.16. The van der Waals surface area contributed by atoms with Crippen molar-refractivity contribution < 1.29 is 10.2 Å². The first kappa shape index (κ1) is 16.1. The molecule has 6 N–H and O–H groups in total. The van der Waals surface area contributed by atoms with E-state index in [-0.39, 0.29) is 0 Å². The SMILES string of the molecule is Nc1ccc(C(O)c2cccc(C(O)c3ccc(N)cc3)c2)cc1. The zero-order chi connectivity index (χ0) is 17.1. The molecule has 0 aromatic heterocycles. The molecule has 4 heteroatoms. The molecule has 0 fully saturated rings. The number of aliphatic hydroxyl groups excluding tert-OH is 2. The van der Waals surface area contributed by atoms with E-state index in [0.717, 1.165) is 11.1 Å². The largest absolute Gasteiger partial charge is 0.399 e. The van der Waals surface area contributed by atoms with Crippen molar-refractivity contribution in [2.24, 2.45) is 0 Å². The molecule has 24 heavy (non-hydrogen) atoms. The van der Waals surface area contributed by atoms with Gasteiger partial charge in [-0.15, -0.1) is 0 Å². The molecule has 0 amide bonds. The molecule has 3 aromatic carbocycles.